The van der Waals surface area contributed by atoms with Crippen LogP contribution in [0.15, 0.2) is 40.8 Å². The number of halogens is 1. The molecular formula is C19H21ClN2O3. The van der Waals surface area contributed by atoms with E-state index in [0.717, 1.165) is 30.6 Å². The summed E-state index contributed by atoms with van der Waals surface area (Å²) in [5.41, 5.74) is 0.928. The highest BCUT2D eigenvalue weighted by Gasteiger charge is 2.19. The highest BCUT2D eigenvalue weighted by Crippen LogP contribution is 2.23. The minimum absolute atomic E-state index is 0.0654. The lowest BCUT2D eigenvalue weighted by Gasteiger charge is -2.19. The van der Waals surface area contributed by atoms with Gasteiger partial charge in [-0.2, -0.15) is 0 Å². The van der Waals surface area contributed by atoms with E-state index in [-0.39, 0.29) is 18.4 Å². The number of hydrogen-bond acceptors (Lipinski definition) is 3. The summed E-state index contributed by atoms with van der Waals surface area (Å²) in [6.45, 7) is 1.08. The molecule has 0 saturated carbocycles. The third-order valence-corrected chi connectivity index (χ3v) is 4.51. The summed E-state index contributed by atoms with van der Waals surface area (Å²) in [5.74, 6) is 1.29. The Morgan fingerprint density at radius 3 is 2.72 bits per heavy atom. The second kappa shape index (κ2) is 8.21. The number of furan rings is 1. The monoisotopic (exact) mass is 360 g/mol. The zero-order chi connectivity index (χ0) is 17.6. The number of likely N-dealkylation sites (tertiary alicyclic amines) is 1. The van der Waals surface area contributed by atoms with E-state index in [9.17, 15) is 9.59 Å². The van der Waals surface area contributed by atoms with Gasteiger partial charge in [-0.25, -0.2) is 0 Å². The fraction of sp³-hybridized carbons (Fsp3) is 0.368. The number of nitrogens with zero attached hydrogens (tertiary/aromatic N) is 1. The molecule has 2 amide bonds. The summed E-state index contributed by atoms with van der Waals surface area (Å²) < 4.78 is 5.75. The van der Waals surface area contributed by atoms with Crippen molar-refractivity contribution < 1.29 is 14.0 Å². The zero-order valence-electron chi connectivity index (χ0n) is 14.0. The molecule has 1 aliphatic rings. The van der Waals surface area contributed by atoms with Crippen LogP contribution in [0.1, 0.15) is 31.4 Å². The summed E-state index contributed by atoms with van der Waals surface area (Å²) in [5, 5.41) is 3.49. The fourth-order valence-corrected chi connectivity index (χ4v) is 2.99. The van der Waals surface area contributed by atoms with Crippen molar-refractivity contribution in [2.45, 2.75) is 32.2 Å². The molecule has 0 aliphatic carbocycles. The number of carbonyl (C=O) groups excluding carboxylic acids is 2. The minimum atomic E-state index is -0.167. The van der Waals surface area contributed by atoms with Crippen LogP contribution in [0.25, 0.3) is 11.3 Å². The highest BCUT2D eigenvalue weighted by atomic mass is 35.5. The van der Waals surface area contributed by atoms with Crippen molar-refractivity contribution >= 4 is 23.4 Å². The first kappa shape index (κ1) is 17.5. The Kier molecular flexibility index (Phi) is 5.76. The molecule has 25 heavy (non-hydrogen) atoms. The summed E-state index contributed by atoms with van der Waals surface area (Å²) in [6, 6.07) is 11.1. The zero-order valence-corrected chi connectivity index (χ0v) is 14.7. The number of carbonyl (C=O) groups is 2. The van der Waals surface area contributed by atoms with Crippen LogP contribution in [0, 0.1) is 0 Å². The van der Waals surface area contributed by atoms with Gasteiger partial charge >= 0.3 is 0 Å². The average Bonchev–Trinajstić information content (AvgIpc) is 2.99. The van der Waals surface area contributed by atoms with Crippen LogP contribution >= 0.6 is 11.6 Å². The third kappa shape index (κ3) is 4.86. The molecule has 0 unspecified atom stereocenters. The van der Waals surface area contributed by atoms with Gasteiger partial charge in [-0.3, -0.25) is 9.59 Å². The Bertz CT molecular complexity index is 739. The minimum Gasteiger partial charge on any atom is -0.459 e. The van der Waals surface area contributed by atoms with Crippen molar-refractivity contribution in [2.24, 2.45) is 0 Å². The first-order valence-electron chi connectivity index (χ1n) is 8.51. The summed E-state index contributed by atoms with van der Waals surface area (Å²) in [4.78, 5) is 25.7. The van der Waals surface area contributed by atoms with Crippen molar-refractivity contribution in [2.75, 3.05) is 13.1 Å². The van der Waals surface area contributed by atoms with Gasteiger partial charge < -0.3 is 14.6 Å². The molecule has 6 heteroatoms. The van der Waals surface area contributed by atoms with Crippen LogP contribution in [0.2, 0.25) is 5.02 Å². The number of rotatable bonds is 5. The molecule has 1 aromatic heterocycles. The molecule has 1 fully saturated rings. The molecule has 0 spiro atoms. The van der Waals surface area contributed by atoms with Crippen molar-refractivity contribution in [1.82, 2.24) is 10.2 Å². The van der Waals surface area contributed by atoms with Crippen molar-refractivity contribution in [3.8, 4) is 11.3 Å². The molecule has 0 atom stereocenters. The van der Waals surface area contributed by atoms with E-state index in [0.29, 0.717) is 30.3 Å². The molecule has 2 heterocycles. The fourth-order valence-electron chi connectivity index (χ4n) is 2.86. The molecule has 0 bridgehead atoms. The maximum Gasteiger partial charge on any atom is 0.240 e. The molecule has 3 rings (SSSR count). The third-order valence-electron chi connectivity index (χ3n) is 4.26. The predicted octanol–water partition coefficient (Wildman–Crippen LogP) is 3.62. The molecule has 1 aliphatic heterocycles. The maximum absolute atomic E-state index is 12.1. The number of benzene rings is 1. The normalized spacial score (nSPS) is 15.1. The van der Waals surface area contributed by atoms with E-state index in [1.54, 1.807) is 17.0 Å². The van der Waals surface area contributed by atoms with Gasteiger partial charge in [0.25, 0.3) is 0 Å². The second-order valence-electron chi connectivity index (χ2n) is 6.18. The number of hydrogen-bond donors (Lipinski definition) is 1. The van der Waals surface area contributed by atoms with Crippen LogP contribution in [0.4, 0.5) is 0 Å². The van der Waals surface area contributed by atoms with E-state index in [1.165, 1.54) is 0 Å². The van der Waals surface area contributed by atoms with Gasteiger partial charge in [-0.05, 0) is 49.2 Å². The van der Waals surface area contributed by atoms with E-state index in [2.05, 4.69) is 5.32 Å². The summed E-state index contributed by atoms with van der Waals surface area (Å²) in [7, 11) is 0. The topological polar surface area (TPSA) is 62.6 Å². The lowest BCUT2D eigenvalue weighted by atomic mass is 10.2. The van der Waals surface area contributed by atoms with E-state index < -0.39 is 0 Å². The molecule has 2 aromatic rings. The van der Waals surface area contributed by atoms with Crippen LogP contribution in [0.3, 0.4) is 0 Å². The molecule has 1 saturated heterocycles. The van der Waals surface area contributed by atoms with Gasteiger partial charge in [-0.1, -0.05) is 18.0 Å². The van der Waals surface area contributed by atoms with E-state index >= 15 is 0 Å². The summed E-state index contributed by atoms with van der Waals surface area (Å²) in [6.07, 6.45) is 3.46. The van der Waals surface area contributed by atoms with Gasteiger partial charge in [0, 0.05) is 23.6 Å². The smallest absolute Gasteiger partial charge is 0.240 e. The molecule has 1 N–H and O–H groups in total. The van der Waals surface area contributed by atoms with Crippen molar-refractivity contribution in [1.29, 1.82) is 0 Å². The largest absolute Gasteiger partial charge is 0.459 e. The van der Waals surface area contributed by atoms with Crippen LogP contribution in [-0.4, -0.2) is 29.8 Å². The SMILES string of the molecule is O=C(CN1CCCCCC1=O)NCc1ccc(-c2ccc(Cl)cc2)o1. The molecular weight excluding hydrogens is 340 g/mol. The molecule has 132 valence electrons. The Labute approximate surface area is 151 Å². The standard InChI is InChI=1S/C19H21ClN2O3/c20-15-7-5-14(6-8-15)17-10-9-16(25-17)12-21-18(23)13-22-11-3-1-2-4-19(22)24/h5-10H,1-4,11-13H2,(H,21,23). The quantitative estimate of drug-likeness (QED) is 0.885. The molecule has 5 nitrogen and oxygen atoms in total. The van der Waals surface area contributed by atoms with Crippen LogP contribution in [0.5, 0.6) is 0 Å². The van der Waals surface area contributed by atoms with Gasteiger partial charge in [0.2, 0.25) is 11.8 Å². The predicted molar refractivity (Wildman–Crippen MR) is 96.0 cm³/mol. The van der Waals surface area contributed by atoms with Gasteiger partial charge in [0.05, 0.1) is 13.1 Å². The number of nitrogens with one attached hydrogen (secondary N) is 1. The number of amides is 2. The van der Waals surface area contributed by atoms with Gasteiger partial charge in [0.1, 0.15) is 11.5 Å². The molecule has 0 radical (unpaired) electrons. The Balaban J connectivity index is 1.52. The Morgan fingerprint density at radius 2 is 1.92 bits per heavy atom. The Morgan fingerprint density at radius 1 is 1.12 bits per heavy atom. The second-order valence-corrected chi connectivity index (χ2v) is 6.61. The van der Waals surface area contributed by atoms with Crippen molar-refractivity contribution in [3.63, 3.8) is 0 Å². The highest BCUT2D eigenvalue weighted by molar-refractivity contribution is 6.30. The average molecular weight is 361 g/mol. The maximum atomic E-state index is 12.1. The van der Waals surface area contributed by atoms with Crippen LogP contribution < -0.4 is 5.32 Å². The van der Waals surface area contributed by atoms with Crippen molar-refractivity contribution in [3.05, 3.63) is 47.2 Å². The van der Waals surface area contributed by atoms with Gasteiger partial charge in [0.15, 0.2) is 0 Å². The summed E-state index contributed by atoms with van der Waals surface area (Å²) >= 11 is 5.88. The van der Waals surface area contributed by atoms with E-state index in [1.807, 2.05) is 24.3 Å². The Hall–Kier alpha value is -2.27. The van der Waals surface area contributed by atoms with Gasteiger partial charge in [-0.15, -0.1) is 0 Å². The molecule has 1 aromatic carbocycles. The lowest BCUT2D eigenvalue weighted by Crippen LogP contribution is -2.40. The van der Waals surface area contributed by atoms with Crippen LogP contribution in [-0.2, 0) is 16.1 Å². The van der Waals surface area contributed by atoms with E-state index in [4.69, 9.17) is 16.0 Å². The first-order valence-corrected chi connectivity index (χ1v) is 8.89. The first-order chi connectivity index (χ1) is 12.1. The lowest BCUT2D eigenvalue weighted by molar-refractivity contribution is -0.135.